The maximum absolute atomic E-state index is 13.3. The highest BCUT2D eigenvalue weighted by Crippen LogP contribution is 2.21. The van der Waals surface area contributed by atoms with Gasteiger partial charge < -0.3 is 10.2 Å². The van der Waals surface area contributed by atoms with E-state index in [0.717, 1.165) is 6.54 Å². The van der Waals surface area contributed by atoms with Gasteiger partial charge in [-0.05, 0) is 19.1 Å². The van der Waals surface area contributed by atoms with Gasteiger partial charge in [0.25, 0.3) is 5.91 Å². The van der Waals surface area contributed by atoms with Crippen LogP contribution in [-0.2, 0) is 0 Å². The number of carbonyl (C=O) groups is 1. The number of amides is 1. The number of nitrogens with one attached hydrogen (secondary N) is 1. The largest absolute Gasteiger partial charge is 0.336 e. The minimum absolute atomic E-state index is 0. The van der Waals surface area contributed by atoms with Gasteiger partial charge in [0, 0.05) is 25.7 Å². The molecular weight excluding hydrogens is 278 g/mol. The third-order valence-electron chi connectivity index (χ3n) is 2.84. The van der Waals surface area contributed by atoms with Crippen molar-refractivity contribution in [3.63, 3.8) is 0 Å². The normalized spacial score (nSPS) is 19.3. The summed E-state index contributed by atoms with van der Waals surface area (Å²) in [6.45, 7) is 3.99. The molecule has 2 rings (SSSR count). The van der Waals surface area contributed by atoms with E-state index in [1.807, 2.05) is 6.92 Å². The van der Waals surface area contributed by atoms with E-state index >= 15 is 0 Å². The van der Waals surface area contributed by atoms with Crippen LogP contribution in [0, 0.1) is 5.82 Å². The molecule has 1 aromatic carbocycles. The molecule has 1 fully saturated rings. The van der Waals surface area contributed by atoms with Crippen LogP contribution >= 0.6 is 24.0 Å². The fourth-order valence-corrected chi connectivity index (χ4v) is 2.16. The lowest BCUT2D eigenvalue weighted by Gasteiger charge is -2.32. The molecule has 1 N–H and O–H groups in total. The maximum Gasteiger partial charge on any atom is 0.255 e. The van der Waals surface area contributed by atoms with Gasteiger partial charge in [0.1, 0.15) is 5.82 Å². The van der Waals surface area contributed by atoms with Crippen molar-refractivity contribution in [2.24, 2.45) is 0 Å². The highest BCUT2D eigenvalue weighted by atomic mass is 35.5. The van der Waals surface area contributed by atoms with Crippen molar-refractivity contribution < 1.29 is 9.18 Å². The average Bonchev–Trinajstić information content (AvgIpc) is 2.32. The maximum atomic E-state index is 13.3. The number of hydrogen-bond acceptors (Lipinski definition) is 2. The van der Waals surface area contributed by atoms with Crippen molar-refractivity contribution in [1.29, 1.82) is 0 Å². The average molecular weight is 293 g/mol. The van der Waals surface area contributed by atoms with E-state index in [2.05, 4.69) is 5.32 Å². The highest BCUT2D eigenvalue weighted by Gasteiger charge is 2.23. The van der Waals surface area contributed by atoms with Crippen molar-refractivity contribution in [2.75, 3.05) is 19.6 Å². The summed E-state index contributed by atoms with van der Waals surface area (Å²) in [5, 5.41) is 3.15. The summed E-state index contributed by atoms with van der Waals surface area (Å²) in [4.78, 5) is 13.9. The molecule has 1 aliphatic rings. The van der Waals surface area contributed by atoms with Gasteiger partial charge in [-0.3, -0.25) is 4.79 Å². The van der Waals surface area contributed by atoms with E-state index in [9.17, 15) is 9.18 Å². The summed E-state index contributed by atoms with van der Waals surface area (Å²) in [6.07, 6.45) is 0. The van der Waals surface area contributed by atoms with Crippen molar-refractivity contribution in [2.45, 2.75) is 13.0 Å². The quantitative estimate of drug-likeness (QED) is 0.862. The van der Waals surface area contributed by atoms with Crippen LogP contribution in [0.5, 0.6) is 0 Å². The summed E-state index contributed by atoms with van der Waals surface area (Å²) >= 11 is 5.81. The molecule has 1 amide bonds. The molecule has 6 heteroatoms. The van der Waals surface area contributed by atoms with Crippen LogP contribution in [0.15, 0.2) is 18.2 Å². The van der Waals surface area contributed by atoms with Crippen LogP contribution in [0.2, 0.25) is 5.02 Å². The molecular formula is C12H15Cl2FN2O. The fraction of sp³-hybridized carbons (Fsp3) is 0.417. The van der Waals surface area contributed by atoms with Gasteiger partial charge in [-0.15, -0.1) is 12.4 Å². The van der Waals surface area contributed by atoms with Crippen LogP contribution < -0.4 is 5.32 Å². The lowest BCUT2D eigenvalue weighted by Crippen LogP contribution is -2.51. The second kappa shape index (κ2) is 6.36. The highest BCUT2D eigenvalue weighted by molar-refractivity contribution is 6.34. The Bertz CT molecular complexity index is 442. The molecule has 0 bridgehead atoms. The number of nitrogens with zero attached hydrogens (tertiary/aromatic N) is 1. The number of carbonyl (C=O) groups excluding carboxylic acids is 1. The Labute approximate surface area is 117 Å². The third-order valence-corrected chi connectivity index (χ3v) is 3.22. The lowest BCUT2D eigenvalue weighted by molar-refractivity contribution is 0.0709. The van der Waals surface area contributed by atoms with Crippen LogP contribution in [0.25, 0.3) is 0 Å². The molecule has 0 unspecified atom stereocenters. The van der Waals surface area contributed by atoms with Crippen molar-refractivity contribution in [3.8, 4) is 0 Å². The molecule has 0 saturated carbocycles. The van der Waals surface area contributed by atoms with Crippen LogP contribution in [0.1, 0.15) is 17.3 Å². The molecule has 18 heavy (non-hydrogen) atoms. The Morgan fingerprint density at radius 3 is 2.94 bits per heavy atom. The second-order valence-corrected chi connectivity index (χ2v) is 4.59. The molecule has 1 heterocycles. The summed E-state index contributed by atoms with van der Waals surface area (Å²) in [5.41, 5.74) is 0.237. The SMILES string of the molecule is C[C@H]1CN(C(=O)c2cccc(F)c2Cl)CCN1.Cl. The summed E-state index contributed by atoms with van der Waals surface area (Å²) in [5.74, 6) is -0.761. The van der Waals surface area contributed by atoms with Gasteiger partial charge in [0.05, 0.1) is 10.6 Å². The Hall–Kier alpha value is -0.840. The van der Waals surface area contributed by atoms with E-state index in [1.54, 1.807) is 11.0 Å². The standard InChI is InChI=1S/C12H14ClFN2O.ClH/c1-8-7-16(6-5-15-8)12(17)9-3-2-4-10(14)11(9)13;/h2-4,8,15H,5-7H2,1H3;1H/t8-;/m0./s1. The zero-order chi connectivity index (χ0) is 12.4. The molecule has 3 nitrogen and oxygen atoms in total. The smallest absolute Gasteiger partial charge is 0.255 e. The summed E-state index contributed by atoms with van der Waals surface area (Å²) in [7, 11) is 0. The Kier molecular flexibility index (Phi) is 5.38. The molecule has 1 saturated heterocycles. The number of piperazine rings is 1. The third kappa shape index (κ3) is 3.13. The second-order valence-electron chi connectivity index (χ2n) is 4.21. The first-order chi connectivity index (χ1) is 8.09. The number of benzene rings is 1. The van der Waals surface area contributed by atoms with Gasteiger partial charge >= 0.3 is 0 Å². The minimum Gasteiger partial charge on any atom is -0.336 e. The molecule has 0 aliphatic carbocycles. The van der Waals surface area contributed by atoms with Gasteiger partial charge in [-0.2, -0.15) is 0 Å². The van der Waals surface area contributed by atoms with Crippen LogP contribution in [0.3, 0.4) is 0 Å². The van der Waals surface area contributed by atoms with Gasteiger partial charge in [-0.1, -0.05) is 17.7 Å². The molecule has 1 atom stereocenters. The van der Waals surface area contributed by atoms with E-state index < -0.39 is 5.82 Å². The first kappa shape index (κ1) is 15.2. The minimum atomic E-state index is -0.555. The zero-order valence-corrected chi connectivity index (χ0v) is 11.5. The molecule has 0 spiro atoms. The first-order valence-electron chi connectivity index (χ1n) is 5.56. The molecule has 1 aromatic rings. The first-order valence-corrected chi connectivity index (χ1v) is 5.94. The molecule has 0 radical (unpaired) electrons. The molecule has 100 valence electrons. The lowest BCUT2D eigenvalue weighted by atomic mass is 10.1. The van der Waals surface area contributed by atoms with E-state index in [1.165, 1.54) is 12.1 Å². The number of halogens is 3. The van der Waals surface area contributed by atoms with E-state index in [-0.39, 0.29) is 34.9 Å². The number of rotatable bonds is 1. The van der Waals surface area contributed by atoms with Crippen molar-refractivity contribution in [3.05, 3.63) is 34.6 Å². The van der Waals surface area contributed by atoms with Crippen molar-refractivity contribution >= 4 is 29.9 Å². The van der Waals surface area contributed by atoms with E-state index in [0.29, 0.717) is 13.1 Å². The summed E-state index contributed by atoms with van der Waals surface area (Å²) < 4.78 is 13.3. The molecule has 0 aromatic heterocycles. The zero-order valence-electron chi connectivity index (χ0n) is 9.95. The predicted molar refractivity (Wildman–Crippen MR) is 72.0 cm³/mol. The van der Waals surface area contributed by atoms with Crippen molar-refractivity contribution in [1.82, 2.24) is 10.2 Å². The Morgan fingerprint density at radius 2 is 2.28 bits per heavy atom. The van der Waals surface area contributed by atoms with Crippen LogP contribution in [-0.4, -0.2) is 36.5 Å². The fourth-order valence-electron chi connectivity index (χ4n) is 1.96. The number of hydrogen-bond donors (Lipinski definition) is 1. The Balaban J connectivity index is 0.00000162. The van der Waals surface area contributed by atoms with Gasteiger partial charge in [0.15, 0.2) is 0 Å². The topological polar surface area (TPSA) is 32.3 Å². The monoisotopic (exact) mass is 292 g/mol. The van der Waals surface area contributed by atoms with E-state index in [4.69, 9.17) is 11.6 Å². The summed E-state index contributed by atoms with van der Waals surface area (Å²) in [6, 6.07) is 4.56. The Morgan fingerprint density at radius 1 is 1.56 bits per heavy atom. The van der Waals surface area contributed by atoms with Crippen LogP contribution in [0.4, 0.5) is 4.39 Å². The molecule has 1 aliphatic heterocycles. The van der Waals surface area contributed by atoms with Gasteiger partial charge in [0.2, 0.25) is 0 Å². The van der Waals surface area contributed by atoms with Gasteiger partial charge in [-0.25, -0.2) is 4.39 Å². The predicted octanol–water partition coefficient (Wildman–Crippen LogP) is 2.33.